The average Bonchev–Trinajstić information content (AvgIpc) is 3.03. The van der Waals surface area contributed by atoms with E-state index in [4.69, 9.17) is 0 Å². The number of anilines is 2. The van der Waals surface area contributed by atoms with E-state index in [0.717, 1.165) is 36.2 Å². The summed E-state index contributed by atoms with van der Waals surface area (Å²) < 4.78 is 13.3. The SMILES string of the molecule is O=C(Nc1cnccn1)Nc1sc(-c2ccc(F)cc2)cc1C(=O)N[C@H]1CCCCNC1. The molecule has 1 aromatic carbocycles. The number of rotatable bonds is 5. The number of halogens is 1. The topological polar surface area (TPSA) is 108 Å². The summed E-state index contributed by atoms with van der Waals surface area (Å²) in [6, 6.07) is 7.20. The maximum absolute atomic E-state index is 13.3. The number of benzene rings is 1. The molecule has 1 aliphatic heterocycles. The van der Waals surface area contributed by atoms with Gasteiger partial charge in [-0.15, -0.1) is 11.3 Å². The van der Waals surface area contributed by atoms with Crippen molar-refractivity contribution in [1.82, 2.24) is 20.6 Å². The molecule has 3 aromatic rings. The van der Waals surface area contributed by atoms with Crippen LogP contribution in [-0.4, -0.2) is 41.0 Å². The zero-order chi connectivity index (χ0) is 22.3. The lowest BCUT2D eigenvalue weighted by Crippen LogP contribution is -2.41. The van der Waals surface area contributed by atoms with Crippen molar-refractivity contribution in [3.8, 4) is 10.4 Å². The van der Waals surface area contributed by atoms with Gasteiger partial charge in [-0.2, -0.15) is 0 Å². The Balaban J connectivity index is 1.56. The first-order chi connectivity index (χ1) is 15.6. The van der Waals surface area contributed by atoms with Gasteiger partial charge in [0.15, 0.2) is 5.82 Å². The van der Waals surface area contributed by atoms with Crippen molar-refractivity contribution in [3.05, 3.63) is 60.3 Å². The molecule has 1 aliphatic rings. The molecular formula is C22H23FN6O2S. The van der Waals surface area contributed by atoms with Crippen LogP contribution in [0.2, 0.25) is 0 Å². The van der Waals surface area contributed by atoms with Crippen LogP contribution in [0.4, 0.5) is 20.0 Å². The monoisotopic (exact) mass is 454 g/mol. The van der Waals surface area contributed by atoms with Gasteiger partial charge in [0.05, 0.1) is 11.8 Å². The van der Waals surface area contributed by atoms with Crippen LogP contribution in [0.3, 0.4) is 0 Å². The number of aromatic nitrogens is 2. The smallest absolute Gasteiger partial charge is 0.325 e. The molecule has 0 spiro atoms. The molecule has 1 fully saturated rings. The number of carbonyl (C=O) groups is 2. The lowest BCUT2D eigenvalue weighted by molar-refractivity contribution is 0.0937. The van der Waals surface area contributed by atoms with E-state index in [1.165, 1.54) is 42.1 Å². The Labute approximate surface area is 188 Å². The summed E-state index contributed by atoms with van der Waals surface area (Å²) in [4.78, 5) is 34.3. The summed E-state index contributed by atoms with van der Waals surface area (Å²) in [5.41, 5.74) is 1.11. The number of amides is 3. The number of urea groups is 1. The Kier molecular flexibility index (Phi) is 7.03. The van der Waals surface area contributed by atoms with Gasteiger partial charge in [0.1, 0.15) is 10.8 Å². The molecule has 4 N–H and O–H groups in total. The third-order valence-corrected chi connectivity index (χ3v) is 6.12. The molecule has 10 heteroatoms. The maximum Gasteiger partial charge on any atom is 0.325 e. The molecule has 8 nitrogen and oxygen atoms in total. The Morgan fingerprint density at radius 2 is 1.97 bits per heavy atom. The highest BCUT2D eigenvalue weighted by molar-refractivity contribution is 7.20. The number of thiophene rings is 1. The van der Waals surface area contributed by atoms with Gasteiger partial charge >= 0.3 is 6.03 Å². The van der Waals surface area contributed by atoms with E-state index in [-0.39, 0.29) is 23.6 Å². The van der Waals surface area contributed by atoms with Gasteiger partial charge in [0, 0.05) is 29.9 Å². The molecule has 4 rings (SSSR count). The highest BCUT2D eigenvalue weighted by atomic mass is 32.1. The van der Waals surface area contributed by atoms with Crippen LogP contribution in [0.15, 0.2) is 48.9 Å². The summed E-state index contributed by atoms with van der Waals surface area (Å²) in [6.07, 6.45) is 7.40. The van der Waals surface area contributed by atoms with Crippen LogP contribution in [0.25, 0.3) is 10.4 Å². The quantitative estimate of drug-likeness (QED) is 0.468. The summed E-state index contributed by atoms with van der Waals surface area (Å²) >= 11 is 1.24. The fourth-order valence-electron chi connectivity index (χ4n) is 3.43. The van der Waals surface area contributed by atoms with Gasteiger partial charge in [-0.25, -0.2) is 14.2 Å². The van der Waals surface area contributed by atoms with Gasteiger partial charge < -0.3 is 10.6 Å². The van der Waals surface area contributed by atoms with Gasteiger partial charge in [-0.05, 0) is 43.1 Å². The van der Waals surface area contributed by atoms with Crippen LogP contribution in [-0.2, 0) is 0 Å². The second kappa shape index (κ2) is 10.3. The highest BCUT2D eigenvalue weighted by Crippen LogP contribution is 2.36. The van der Waals surface area contributed by atoms with Crippen molar-refractivity contribution in [2.45, 2.75) is 25.3 Å². The third kappa shape index (κ3) is 5.65. The Morgan fingerprint density at radius 1 is 1.12 bits per heavy atom. The fourth-order valence-corrected chi connectivity index (χ4v) is 4.48. The molecule has 0 radical (unpaired) electrons. The molecule has 2 aromatic heterocycles. The normalized spacial score (nSPS) is 16.1. The second-order valence-electron chi connectivity index (χ2n) is 7.40. The first-order valence-electron chi connectivity index (χ1n) is 10.3. The van der Waals surface area contributed by atoms with Gasteiger partial charge in [0.2, 0.25) is 0 Å². The number of nitrogens with one attached hydrogen (secondary N) is 4. The second-order valence-corrected chi connectivity index (χ2v) is 8.45. The van der Waals surface area contributed by atoms with Gasteiger partial charge in [0.25, 0.3) is 5.91 Å². The van der Waals surface area contributed by atoms with Gasteiger partial charge in [-0.3, -0.25) is 20.4 Å². The van der Waals surface area contributed by atoms with Crippen molar-refractivity contribution >= 4 is 34.1 Å². The van der Waals surface area contributed by atoms with Crippen LogP contribution < -0.4 is 21.3 Å². The standard InChI is InChI=1S/C22H23FN6O2S/c23-15-6-4-14(5-7-15)18-11-17(20(30)27-16-3-1-2-8-24-12-16)21(32-18)29-22(31)28-19-13-25-9-10-26-19/h4-7,9-11,13,16,24H,1-3,8,12H2,(H,27,30)(H2,26,28,29,31)/t16-/m0/s1. The zero-order valence-corrected chi connectivity index (χ0v) is 18.0. The Morgan fingerprint density at radius 3 is 2.75 bits per heavy atom. The summed E-state index contributed by atoms with van der Waals surface area (Å²) in [7, 11) is 0. The third-order valence-electron chi connectivity index (χ3n) is 5.02. The molecule has 0 saturated carbocycles. The minimum Gasteiger partial charge on any atom is -0.348 e. The van der Waals surface area contributed by atoms with Crippen molar-refractivity contribution < 1.29 is 14.0 Å². The van der Waals surface area contributed by atoms with E-state index in [0.29, 0.717) is 17.1 Å². The van der Waals surface area contributed by atoms with Crippen molar-refractivity contribution in [3.63, 3.8) is 0 Å². The van der Waals surface area contributed by atoms with Crippen LogP contribution >= 0.6 is 11.3 Å². The van der Waals surface area contributed by atoms with Crippen LogP contribution in [0.1, 0.15) is 29.6 Å². The minimum atomic E-state index is -0.539. The molecule has 0 bridgehead atoms. The molecule has 3 amide bonds. The molecule has 32 heavy (non-hydrogen) atoms. The van der Waals surface area contributed by atoms with E-state index in [1.807, 2.05) is 0 Å². The van der Waals surface area contributed by atoms with Crippen molar-refractivity contribution in [1.29, 1.82) is 0 Å². The fraction of sp³-hybridized carbons (Fsp3) is 0.273. The van der Waals surface area contributed by atoms with Gasteiger partial charge in [-0.1, -0.05) is 18.6 Å². The minimum absolute atomic E-state index is 0.0143. The van der Waals surface area contributed by atoms with E-state index in [1.54, 1.807) is 18.2 Å². The zero-order valence-electron chi connectivity index (χ0n) is 17.2. The summed E-state index contributed by atoms with van der Waals surface area (Å²) in [5.74, 6) is -0.320. The Bertz CT molecular complexity index is 1070. The maximum atomic E-state index is 13.3. The number of nitrogens with zero attached hydrogens (tertiary/aromatic N) is 2. The molecule has 0 unspecified atom stereocenters. The average molecular weight is 455 g/mol. The number of carbonyl (C=O) groups excluding carboxylic acids is 2. The lowest BCUT2D eigenvalue weighted by atomic mass is 10.1. The first-order valence-corrected chi connectivity index (χ1v) is 11.2. The van der Waals surface area contributed by atoms with Crippen LogP contribution in [0.5, 0.6) is 0 Å². The molecule has 3 heterocycles. The van der Waals surface area contributed by atoms with Crippen molar-refractivity contribution in [2.75, 3.05) is 23.7 Å². The van der Waals surface area contributed by atoms with E-state index < -0.39 is 6.03 Å². The summed E-state index contributed by atoms with van der Waals surface area (Å²) in [5, 5.41) is 12.1. The first kappa shape index (κ1) is 21.8. The molecule has 1 atom stereocenters. The molecule has 1 saturated heterocycles. The largest absolute Gasteiger partial charge is 0.348 e. The lowest BCUT2D eigenvalue weighted by Gasteiger charge is -2.16. The Hall–Kier alpha value is -3.37. The predicted molar refractivity (Wildman–Crippen MR) is 122 cm³/mol. The van der Waals surface area contributed by atoms with E-state index in [9.17, 15) is 14.0 Å². The highest BCUT2D eigenvalue weighted by Gasteiger charge is 2.22. The van der Waals surface area contributed by atoms with Crippen LogP contribution in [0, 0.1) is 5.82 Å². The number of hydrogen-bond acceptors (Lipinski definition) is 6. The molecule has 166 valence electrons. The molecular weight excluding hydrogens is 431 g/mol. The number of hydrogen-bond donors (Lipinski definition) is 4. The predicted octanol–water partition coefficient (Wildman–Crippen LogP) is 3.86. The summed E-state index contributed by atoms with van der Waals surface area (Å²) in [6.45, 7) is 1.64. The molecule has 0 aliphatic carbocycles. The van der Waals surface area contributed by atoms with Crippen molar-refractivity contribution in [2.24, 2.45) is 0 Å². The van der Waals surface area contributed by atoms with E-state index >= 15 is 0 Å². The van der Waals surface area contributed by atoms with E-state index in [2.05, 4.69) is 31.2 Å².